The lowest BCUT2D eigenvalue weighted by molar-refractivity contribution is -0.714. The minimum absolute atomic E-state index is 0. The van der Waals surface area contributed by atoms with Crippen molar-refractivity contribution in [3.63, 3.8) is 0 Å². The van der Waals surface area contributed by atoms with Gasteiger partial charge < -0.3 is 103 Å². The maximum absolute atomic E-state index is 14.7. The van der Waals surface area contributed by atoms with Gasteiger partial charge in [-0.1, -0.05) is 17.7 Å². The van der Waals surface area contributed by atoms with Crippen molar-refractivity contribution < 1.29 is 88.2 Å². The molecule has 530 valence electrons. The fourth-order valence-electron chi connectivity index (χ4n) is 12.2. The highest BCUT2D eigenvalue weighted by Gasteiger charge is 2.50. The molecule has 5 heterocycles. The Morgan fingerprint density at radius 3 is 2.09 bits per heavy atom. The van der Waals surface area contributed by atoms with E-state index in [1.807, 2.05) is 12.1 Å². The molecule has 7 amide bonds. The Bertz CT molecular complexity index is 3240. The van der Waals surface area contributed by atoms with Crippen molar-refractivity contribution in [2.45, 2.75) is 138 Å². The van der Waals surface area contributed by atoms with Crippen LogP contribution in [0.2, 0.25) is 0 Å². The van der Waals surface area contributed by atoms with E-state index in [-0.39, 0.29) is 80.1 Å². The summed E-state index contributed by atoms with van der Waals surface area (Å²) in [5, 5.41) is 97.9. The molecule has 8 rings (SSSR count). The molecule has 4 saturated heterocycles. The minimum atomic E-state index is -2.04. The van der Waals surface area contributed by atoms with Crippen LogP contribution in [0.25, 0.3) is 21.1 Å². The Hall–Kier alpha value is -6.91. The van der Waals surface area contributed by atoms with Gasteiger partial charge in [-0.15, -0.1) is 24.8 Å². The number of phenolic OH excluding ortho intramolecular Hbond substituents is 1. The van der Waals surface area contributed by atoms with Gasteiger partial charge in [-0.3, -0.25) is 33.6 Å². The van der Waals surface area contributed by atoms with E-state index >= 15 is 0 Å². The van der Waals surface area contributed by atoms with Crippen LogP contribution in [0.15, 0.2) is 66.7 Å². The quantitative estimate of drug-likeness (QED) is 0.0303. The zero-order valence-electron chi connectivity index (χ0n) is 54.2. The Morgan fingerprint density at radius 2 is 1.43 bits per heavy atom. The van der Waals surface area contributed by atoms with Gasteiger partial charge in [0.1, 0.15) is 42.9 Å². The zero-order chi connectivity index (χ0) is 67.9. The zero-order valence-corrected chi connectivity index (χ0v) is 56.6. The van der Waals surface area contributed by atoms with Gasteiger partial charge in [-0.2, -0.15) is 0 Å². The Labute approximate surface area is 573 Å². The molecular formula is C64H93Cl2N12O17S+. The molecule has 96 heavy (non-hydrogen) atoms. The summed E-state index contributed by atoms with van der Waals surface area (Å²) in [6.45, 7) is 5.19. The second-order valence-electron chi connectivity index (χ2n) is 24.7. The van der Waals surface area contributed by atoms with Crippen LogP contribution in [-0.2, 0) is 51.7 Å². The van der Waals surface area contributed by atoms with Crippen LogP contribution >= 0.6 is 36.2 Å². The first-order chi connectivity index (χ1) is 45.0. The van der Waals surface area contributed by atoms with Crippen molar-refractivity contribution in [3.8, 4) is 32.6 Å². The third-order valence-corrected chi connectivity index (χ3v) is 18.7. The molecular weight excluding hydrogens is 1310 g/mol. The van der Waals surface area contributed by atoms with Gasteiger partial charge >= 0.3 is 0 Å². The van der Waals surface area contributed by atoms with E-state index in [2.05, 4.69) is 43.6 Å². The molecule has 0 radical (unpaired) electrons. The lowest BCUT2D eigenvalue weighted by Crippen LogP contribution is -2.64. The lowest BCUT2D eigenvalue weighted by Gasteiger charge is -2.34. The van der Waals surface area contributed by atoms with Crippen LogP contribution in [0.1, 0.15) is 74.7 Å². The van der Waals surface area contributed by atoms with Crippen molar-refractivity contribution in [3.05, 3.63) is 77.9 Å². The molecule has 3 aromatic carbocycles. The van der Waals surface area contributed by atoms with Crippen molar-refractivity contribution in [1.29, 1.82) is 0 Å². The monoisotopic (exact) mass is 1400 g/mol. The van der Waals surface area contributed by atoms with Gasteiger partial charge in [0.2, 0.25) is 35.4 Å². The maximum atomic E-state index is 14.7. The van der Waals surface area contributed by atoms with Crippen molar-refractivity contribution in [2.24, 2.45) is 30.4 Å². The number of nitrogens with zero attached hydrogens (tertiary/aromatic N) is 5. The Kier molecular flexibility index (Phi) is 29.8. The summed E-state index contributed by atoms with van der Waals surface area (Å²) >= 11 is 1.44. The summed E-state index contributed by atoms with van der Waals surface area (Å²) in [6.07, 6.45) is -7.78. The summed E-state index contributed by atoms with van der Waals surface area (Å²) in [5.74, 6) is -8.08. The van der Waals surface area contributed by atoms with Gasteiger partial charge in [-0.25, -0.2) is 0 Å². The number of nitrogens with one attached hydrogen (secondary N) is 5. The molecule has 13 atom stereocenters. The van der Waals surface area contributed by atoms with E-state index in [0.717, 1.165) is 96.6 Å². The van der Waals surface area contributed by atoms with Crippen molar-refractivity contribution in [2.75, 3.05) is 84.3 Å². The molecule has 1 aromatic heterocycles. The number of hydrogen-bond donors (Lipinski definition) is 14. The first kappa shape index (κ1) is 78.1. The largest absolute Gasteiger partial charge is 0.504 e. The maximum Gasteiger partial charge on any atom is 0.296 e. The lowest BCUT2D eigenvalue weighted by atomic mass is 9.97. The number of carbonyl (C=O) groups excluding carboxylic acids is 7. The van der Waals surface area contributed by atoms with Crippen LogP contribution in [0, 0.1) is 11.8 Å². The standard InChI is InChI=1S/C64H90N12O17S.2ClH/c1-35-32-76-54(55(35)83)60(88)67-31-43(78)29-45(68-56(84)39-8-10-41(11-9-39)64-73(3)72-61(94-64)40-12-14-42(15-13-40)74-22-18-37(19-23-74)34-92-25-6-5-24-91-4)57(85)69-51(36(2)77)62(89)75-33-44(79)30-46(75)58(86)70-52(59(87)71-53(63(76)90)48(81)17-20-65)49(82)27-38-7-16-47(80)50(28-38)93-26-21-66;;/h7-16,28,35-37,43-46,48-49,51-55,77-79,81-83H,5-6,17-27,29-34,65-66H2,1-4H3,(H5-,67,68,69,70,71,80,84,85,86,87,88);2*1H/p+1/t35-,36+,43+,44+,45-,46-,48+,49+,51-,52-,53-,54-,55-;;/m0../s1. The number of aryl methyl sites for hydroxylation is 1. The number of nitrogens with two attached hydrogens (primary N) is 2. The molecule has 4 aliphatic heterocycles. The van der Waals surface area contributed by atoms with Crippen LogP contribution < -0.4 is 52.4 Å². The highest BCUT2D eigenvalue weighted by atomic mass is 35.5. The number of β-amino-alcohol motifs (C(OH)–C–C–N with tert-alkyl or cyclic N) is 1. The fourth-order valence-corrected chi connectivity index (χ4v) is 13.2. The second kappa shape index (κ2) is 36.6. The van der Waals surface area contributed by atoms with E-state index in [9.17, 15) is 69.3 Å². The molecule has 29 nitrogen and oxygen atoms in total. The molecule has 0 spiro atoms. The summed E-state index contributed by atoms with van der Waals surface area (Å²) in [5.41, 5.74) is 14.5. The molecule has 0 aliphatic carbocycles. The summed E-state index contributed by atoms with van der Waals surface area (Å²) in [4.78, 5) is 106. The van der Waals surface area contributed by atoms with Crippen LogP contribution in [0.3, 0.4) is 0 Å². The number of rotatable bonds is 22. The number of aliphatic hydroxyl groups is 6. The number of carbonyl (C=O) groups is 7. The third kappa shape index (κ3) is 19.9. The smallest absolute Gasteiger partial charge is 0.296 e. The molecule has 0 saturated carbocycles. The average Bonchev–Trinajstić information content (AvgIpc) is 1.63. The van der Waals surface area contributed by atoms with Gasteiger partial charge in [0.25, 0.3) is 10.9 Å². The number of hydrogen-bond acceptors (Lipinski definition) is 22. The number of fused-ring (bicyclic) bond motifs is 2. The van der Waals surface area contributed by atoms with Gasteiger partial charge in [0.05, 0.1) is 42.2 Å². The average molecular weight is 1410 g/mol. The van der Waals surface area contributed by atoms with Crippen molar-refractivity contribution >= 4 is 83.2 Å². The predicted octanol–water partition coefficient (Wildman–Crippen LogP) is -1.85. The van der Waals surface area contributed by atoms with Crippen LogP contribution in [0.5, 0.6) is 11.5 Å². The van der Waals surface area contributed by atoms with E-state index in [1.165, 1.54) is 48.6 Å². The summed E-state index contributed by atoms with van der Waals surface area (Å²) in [6, 6.07) is 7.75. The van der Waals surface area contributed by atoms with E-state index in [4.69, 9.17) is 30.8 Å². The van der Waals surface area contributed by atoms with Gasteiger partial charge in [-0.05, 0) is 129 Å². The van der Waals surface area contributed by atoms with Gasteiger partial charge in [0, 0.05) is 113 Å². The third-order valence-electron chi connectivity index (χ3n) is 17.5. The molecule has 4 aromatic rings. The SMILES string of the molecule is COCCCCOCC1CCN(c2ccc(-c3n[n+](C)c(-c4ccc(C(=O)N[C@H]5C[C@@H](O)CNC(=O)[C@@H]6[C@@H](O)[C@@H](C)CN6C(=O)[C@H]([C@H](O)CCN)NC(=O)[C@H]([C@H](O)Cc6ccc(O)c(OCCN)c6)NC(=O)[C@@H]6C[C@@H](O)CN6C(=O)[C@H]([C@@H](C)O)NC5=O)cc4)s3)cc2)CC1.Cl.Cl. The van der Waals surface area contributed by atoms with Crippen molar-refractivity contribution in [1.82, 2.24) is 41.5 Å². The number of methoxy groups -OCH3 is 1. The van der Waals surface area contributed by atoms with Crippen LogP contribution in [-0.4, -0.2) is 244 Å². The molecule has 16 N–H and O–H groups in total. The number of ether oxygens (including phenoxy) is 3. The highest BCUT2D eigenvalue weighted by molar-refractivity contribution is 7.17. The summed E-state index contributed by atoms with van der Waals surface area (Å²) in [7, 11) is 3.51. The highest BCUT2D eigenvalue weighted by Crippen LogP contribution is 2.33. The number of phenols is 1. The molecule has 4 aliphatic rings. The number of aromatic hydroxyl groups is 1. The predicted molar refractivity (Wildman–Crippen MR) is 357 cm³/mol. The summed E-state index contributed by atoms with van der Waals surface area (Å²) < 4.78 is 18.3. The molecule has 32 heteroatoms. The minimum Gasteiger partial charge on any atom is -0.504 e. The van der Waals surface area contributed by atoms with E-state index in [0.29, 0.717) is 11.5 Å². The first-order valence-electron chi connectivity index (χ1n) is 31.9. The second-order valence-corrected chi connectivity index (χ2v) is 25.7. The number of benzene rings is 3. The Balaban J connectivity index is 0.00000729. The number of halogens is 2. The number of amides is 7. The number of unbranched alkanes of at least 4 members (excludes halogenated alkanes) is 1. The fraction of sp³-hybridized carbons (Fsp3) is 0.578. The number of anilines is 1. The van der Waals surface area contributed by atoms with E-state index in [1.54, 1.807) is 31.0 Å². The van der Waals surface area contributed by atoms with Gasteiger partial charge in [0.15, 0.2) is 23.6 Å². The van der Waals surface area contributed by atoms with Crippen LogP contribution in [0.4, 0.5) is 5.69 Å². The molecule has 0 unspecified atom stereocenters. The number of aromatic nitrogens is 2. The molecule has 4 fully saturated rings. The van der Waals surface area contributed by atoms with E-state index < -0.39 is 152 Å². The Morgan fingerprint density at radius 1 is 0.771 bits per heavy atom. The number of piperidine rings is 1. The number of aliphatic hydroxyl groups excluding tert-OH is 6. The molecule has 0 bridgehead atoms. The topological polar surface area (TPSA) is 427 Å². The first-order valence-corrected chi connectivity index (χ1v) is 32.8. The normalized spacial score (nSPS) is 25.1.